The van der Waals surface area contributed by atoms with E-state index in [0.29, 0.717) is 23.9 Å². The van der Waals surface area contributed by atoms with Gasteiger partial charge in [-0.2, -0.15) is 0 Å². The third kappa shape index (κ3) is 3.06. The molecule has 1 amide bonds. The maximum absolute atomic E-state index is 12.4. The van der Waals surface area contributed by atoms with Crippen LogP contribution in [0.25, 0.3) is 0 Å². The summed E-state index contributed by atoms with van der Waals surface area (Å²) in [5, 5.41) is 12.7. The Morgan fingerprint density at radius 2 is 2.05 bits per heavy atom. The molecule has 22 heavy (non-hydrogen) atoms. The Morgan fingerprint density at radius 1 is 1.32 bits per heavy atom. The number of aromatic nitrogens is 1. The van der Waals surface area contributed by atoms with Gasteiger partial charge in [-0.15, -0.1) is 11.3 Å². The van der Waals surface area contributed by atoms with Gasteiger partial charge in [-0.05, 0) is 38.0 Å². The fraction of sp³-hybridized carbons (Fsp3) is 0.562. The minimum Gasteiger partial charge on any atom is -0.481 e. The average molecular weight is 320 g/mol. The second-order valence-corrected chi connectivity index (χ2v) is 7.30. The molecule has 2 aliphatic carbocycles. The van der Waals surface area contributed by atoms with Crippen LogP contribution >= 0.6 is 11.3 Å². The lowest BCUT2D eigenvalue weighted by molar-refractivity contribution is -0.146. The van der Waals surface area contributed by atoms with E-state index in [2.05, 4.69) is 17.2 Å². The smallest absolute Gasteiger partial charge is 0.307 e. The number of hydrogen-bond acceptors (Lipinski definition) is 4. The van der Waals surface area contributed by atoms with E-state index < -0.39 is 17.8 Å². The highest BCUT2D eigenvalue weighted by Crippen LogP contribution is 2.33. The molecule has 0 fully saturated rings. The van der Waals surface area contributed by atoms with Crippen molar-refractivity contribution >= 4 is 28.3 Å². The number of nitrogens with zero attached hydrogens (tertiary/aromatic N) is 1. The van der Waals surface area contributed by atoms with Gasteiger partial charge in [-0.25, -0.2) is 4.98 Å². The van der Waals surface area contributed by atoms with Gasteiger partial charge >= 0.3 is 5.97 Å². The molecule has 5 nitrogen and oxygen atoms in total. The maximum Gasteiger partial charge on any atom is 0.307 e. The number of carbonyl (C=O) groups is 2. The van der Waals surface area contributed by atoms with Gasteiger partial charge in [-0.3, -0.25) is 9.59 Å². The molecule has 1 aromatic rings. The van der Waals surface area contributed by atoms with Gasteiger partial charge in [0.05, 0.1) is 17.5 Å². The zero-order valence-corrected chi connectivity index (χ0v) is 13.4. The second-order valence-electron chi connectivity index (χ2n) is 6.22. The molecule has 0 aromatic carbocycles. The van der Waals surface area contributed by atoms with Crippen LogP contribution in [0.4, 0.5) is 5.13 Å². The monoisotopic (exact) mass is 320 g/mol. The Morgan fingerprint density at radius 3 is 2.77 bits per heavy atom. The largest absolute Gasteiger partial charge is 0.481 e. The number of carboxylic acids is 1. The van der Waals surface area contributed by atoms with E-state index in [1.807, 2.05) is 12.2 Å². The van der Waals surface area contributed by atoms with Gasteiger partial charge in [0.1, 0.15) is 0 Å². The average Bonchev–Trinajstić information content (AvgIpc) is 2.88. The molecule has 0 saturated carbocycles. The molecule has 3 atom stereocenters. The molecule has 0 saturated heterocycles. The van der Waals surface area contributed by atoms with Crippen LogP contribution < -0.4 is 5.32 Å². The Hall–Kier alpha value is -1.69. The number of rotatable bonds is 3. The maximum atomic E-state index is 12.4. The normalized spacial score (nSPS) is 27.2. The van der Waals surface area contributed by atoms with Gasteiger partial charge in [0.2, 0.25) is 5.91 Å². The molecule has 118 valence electrons. The summed E-state index contributed by atoms with van der Waals surface area (Å²) >= 11 is 1.53. The van der Waals surface area contributed by atoms with Crippen molar-refractivity contribution in [1.29, 1.82) is 0 Å². The highest BCUT2D eigenvalue weighted by molar-refractivity contribution is 7.15. The van der Waals surface area contributed by atoms with E-state index in [-0.39, 0.29) is 5.91 Å². The number of thiazole rings is 1. The van der Waals surface area contributed by atoms with Crippen molar-refractivity contribution in [1.82, 2.24) is 4.98 Å². The van der Waals surface area contributed by atoms with Crippen molar-refractivity contribution in [3.05, 3.63) is 22.7 Å². The van der Waals surface area contributed by atoms with Gasteiger partial charge in [0.15, 0.2) is 5.13 Å². The van der Waals surface area contributed by atoms with Crippen molar-refractivity contribution in [2.45, 2.75) is 39.0 Å². The number of carbonyl (C=O) groups excluding carboxylic acids is 1. The lowest BCUT2D eigenvalue weighted by atomic mass is 9.82. The molecule has 6 heteroatoms. The van der Waals surface area contributed by atoms with Crippen LogP contribution in [0.2, 0.25) is 0 Å². The fourth-order valence-electron chi connectivity index (χ4n) is 3.17. The molecular weight excluding hydrogens is 300 g/mol. The van der Waals surface area contributed by atoms with Crippen molar-refractivity contribution in [2.24, 2.45) is 17.8 Å². The third-order valence-electron chi connectivity index (χ3n) is 4.50. The number of aryl methyl sites for hydroxylation is 1. The molecular formula is C16H20N2O3S. The van der Waals surface area contributed by atoms with Crippen LogP contribution in [0.5, 0.6) is 0 Å². The predicted molar refractivity (Wildman–Crippen MR) is 84.9 cm³/mol. The summed E-state index contributed by atoms with van der Waals surface area (Å²) in [5.74, 6) is -1.62. The zero-order valence-electron chi connectivity index (χ0n) is 12.5. The lowest BCUT2D eigenvalue weighted by Crippen LogP contribution is -2.34. The summed E-state index contributed by atoms with van der Waals surface area (Å²) in [6.45, 7) is 2.23. The Labute approximate surface area is 133 Å². The van der Waals surface area contributed by atoms with Crippen LogP contribution in [0.1, 0.15) is 36.8 Å². The number of allylic oxidation sites excluding steroid dienone is 2. The summed E-state index contributed by atoms with van der Waals surface area (Å²) in [7, 11) is 0. The molecule has 2 aliphatic rings. The minimum absolute atomic E-state index is 0.226. The molecule has 1 aromatic heterocycles. The molecule has 3 rings (SSSR count). The summed E-state index contributed by atoms with van der Waals surface area (Å²) in [4.78, 5) is 29.5. The molecule has 0 radical (unpaired) electrons. The number of nitrogens with one attached hydrogen (secondary N) is 1. The number of amides is 1. The Bertz CT molecular complexity index is 623. The van der Waals surface area contributed by atoms with Crippen LogP contribution in [0.15, 0.2) is 12.2 Å². The lowest BCUT2D eigenvalue weighted by Gasteiger charge is -2.23. The van der Waals surface area contributed by atoms with Crippen LogP contribution in [0, 0.1) is 17.8 Å². The second kappa shape index (κ2) is 6.20. The van der Waals surface area contributed by atoms with Gasteiger partial charge in [-0.1, -0.05) is 19.1 Å². The summed E-state index contributed by atoms with van der Waals surface area (Å²) in [6, 6.07) is 0. The number of fused-ring (bicyclic) bond motifs is 1. The topological polar surface area (TPSA) is 79.3 Å². The van der Waals surface area contributed by atoms with Gasteiger partial charge < -0.3 is 10.4 Å². The van der Waals surface area contributed by atoms with E-state index >= 15 is 0 Å². The molecule has 0 aliphatic heterocycles. The first kappa shape index (κ1) is 15.2. The highest BCUT2D eigenvalue weighted by atomic mass is 32.1. The van der Waals surface area contributed by atoms with E-state index in [4.69, 9.17) is 0 Å². The molecule has 1 heterocycles. The van der Waals surface area contributed by atoms with Crippen molar-refractivity contribution in [3.63, 3.8) is 0 Å². The molecule has 2 N–H and O–H groups in total. The zero-order chi connectivity index (χ0) is 15.7. The summed E-state index contributed by atoms with van der Waals surface area (Å²) in [5.41, 5.74) is 1.09. The number of carboxylic acid groups (broad SMARTS) is 1. The van der Waals surface area contributed by atoms with Crippen LogP contribution in [0.3, 0.4) is 0 Å². The predicted octanol–water partition coefficient (Wildman–Crippen LogP) is 2.87. The summed E-state index contributed by atoms with van der Waals surface area (Å²) < 4.78 is 0. The molecule has 0 spiro atoms. The van der Waals surface area contributed by atoms with Crippen molar-refractivity contribution in [2.75, 3.05) is 5.32 Å². The highest BCUT2D eigenvalue weighted by Gasteiger charge is 2.34. The minimum atomic E-state index is -0.906. The van der Waals surface area contributed by atoms with Gasteiger partial charge in [0, 0.05) is 4.88 Å². The van der Waals surface area contributed by atoms with Crippen LogP contribution in [-0.4, -0.2) is 22.0 Å². The Kier molecular flexibility index (Phi) is 4.29. The first-order chi connectivity index (χ1) is 10.5. The van der Waals surface area contributed by atoms with E-state index in [9.17, 15) is 14.7 Å². The van der Waals surface area contributed by atoms with Gasteiger partial charge in [0.25, 0.3) is 0 Å². The van der Waals surface area contributed by atoms with E-state index in [1.54, 1.807) is 0 Å². The standard InChI is InChI=1S/C16H20N2O3S/c1-9-6-7-12-13(8-9)22-16(17-12)18-14(19)10-4-2-3-5-11(10)15(20)21/h2-3,9-11H,4-8H2,1H3,(H,20,21)(H,17,18,19)/t9-,10+,11+/m1/s1. The first-order valence-corrected chi connectivity index (χ1v) is 8.53. The quantitative estimate of drug-likeness (QED) is 0.839. The van der Waals surface area contributed by atoms with Crippen LogP contribution in [-0.2, 0) is 22.4 Å². The third-order valence-corrected chi connectivity index (χ3v) is 5.54. The van der Waals surface area contributed by atoms with E-state index in [0.717, 1.165) is 25.0 Å². The molecule has 0 bridgehead atoms. The first-order valence-electron chi connectivity index (χ1n) is 7.72. The number of anilines is 1. The fourth-order valence-corrected chi connectivity index (χ4v) is 4.34. The number of aliphatic carboxylic acids is 1. The number of hydrogen-bond donors (Lipinski definition) is 2. The molecule has 0 unspecified atom stereocenters. The van der Waals surface area contributed by atoms with E-state index in [1.165, 1.54) is 16.2 Å². The summed E-state index contributed by atoms with van der Waals surface area (Å²) in [6.07, 6.45) is 7.74. The van der Waals surface area contributed by atoms with Crippen molar-refractivity contribution in [3.8, 4) is 0 Å². The SMILES string of the molecule is C[C@@H]1CCc2nc(NC(=O)[C@H]3CC=CC[C@@H]3C(=O)O)sc2C1. The Balaban J connectivity index is 1.71. The van der Waals surface area contributed by atoms with Crippen molar-refractivity contribution < 1.29 is 14.7 Å².